The lowest BCUT2D eigenvalue weighted by molar-refractivity contribution is 0.204. The molecule has 0 unspecified atom stereocenters. The Morgan fingerprint density at radius 1 is 1.30 bits per heavy atom. The number of fused-ring (bicyclic) bond motifs is 2. The number of aromatic nitrogens is 3. The molecule has 1 aromatic heterocycles. The van der Waals surface area contributed by atoms with Gasteiger partial charge in [-0.25, -0.2) is 22.6 Å². The van der Waals surface area contributed by atoms with Gasteiger partial charge in [0.05, 0.1) is 11.8 Å². The molecule has 1 heterocycles. The smallest absolute Gasteiger partial charge is 0.321 e. The summed E-state index contributed by atoms with van der Waals surface area (Å²) < 4.78 is 40.4. The minimum absolute atomic E-state index is 0.0415. The van der Waals surface area contributed by atoms with Crippen LogP contribution in [0.3, 0.4) is 0 Å². The van der Waals surface area contributed by atoms with E-state index in [9.17, 15) is 17.6 Å². The summed E-state index contributed by atoms with van der Waals surface area (Å²) in [6, 6.07) is 5.60. The zero-order chi connectivity index (χ0) is 19.2. The largest absolute Gasteiger partial charge is 0.346 e. The molecular formula is C18H21FN4O3S. The van der Waals surface area contributed by atoms with Crippen LogP contribution >= 0.6 is 0 Å². The number of amides is 1. The molecule has 0 aliphatic heterocycles. The second-order valence-electron chi connectivity index (χ2n) is 7.46. The van der Waals surface area contributed by atoms with E-state index in [1.165, 1.54) is 18.0 Å². The number of benzene rings is 1. The van der Waals surface area contributed by atoms with Gasteiger partial charge in [0.1, 0.15) is 12.1 Å². The van der Waals surface area contributed by atoms with Crippen molar-refractivity contribution >= 4 is 15.9 Å². The second-order valence-corrected chi connectivity index (χ2v) is 9.52. The third kappa shape index (κ3) is 3.24. The van der Waals surface area contributed by atoms with Gasteiger partial charge in [0.25, 0.3) is 5.16 Å². The number of carbonyl (C=O) groups excluding carboxylic acids is 1. The Morgan fingerprint density at radius 3 is 2.74 bits per heavy atom. The van der Waals surface area contributed by atoms with Crippen LogP contribution in [0.4, 0.5) is 9.18 Å². The molecule has 0 saturated heterocycles. The predicted octanol–water partition coefficient (Wildman–Crippen LogP) is 2.48. The molecular weight excluding hydrogens is 371 g/mol. The van der Waals surface area contributed by atoms with E-state index in [0.29, 0.717) is 17.9 Å². The number of hydrogen-bond donors (Lipinski definition) is 0. The molecule has 0 N–H and O–H groups in total. The maximum Gasteiger partial charge on any atom is 0.346 e. The van der Waals surface area contributed by atoms with E-state index in [4.69, 9.17) is 0 Å². The molecule has 2 saturated carbocycles. The van der Waals surface area contributed by atoms with Crippen molar-refractivity contribution < 1.29 is 17.6 Å². The van der Waals surface area contributed by atoms with E-state index >= 15 is 0 Å². The summed E-state index contributed by atoms with van der Waals surface area (Å²) in [5.41, 5.74) is 0.364. The Hall–Kier alpha value is -2.29. The fourth-order valence-electron chi connectivity index (χ4n) is 4.30. The SMILES string of the molecule is CN(Cc1ccccc1F)C(=O)n1cnc(S(=O)(=O)[C@@H]2C[C@H]3CC[C@@H]2C3)n1. The molecule has 4 rings (SSSR count). The molecule has 144 valence electrons. The number of nitrogens with zero attached hydrogens (tertiary/aromatic N) is 4. The van der Waals surface area contributed by atoms with Crippen LogP contribution in [-0.4, -0.2) is 46.4 Å². The van der Waals surface area contributed by atoms with Crippen molar-refractivity contribution in [3.8, 4) is 0 Å². The third-order valence-corrected chi connectivity index (χ3v) is 7.76. The van der Waals surface area contributed by atoms with Crippen LogP contribution in [0.2, 0.25) is 0 Å². The molecule has 0 radical (unpaired) electrons. The van der Waals surface area contributed by atoms with E-state index in [2.05, 4.69) is 10.1 Å². The standard InChI is InChI=1S/C18H21FN4O3S/c1-22(10-14-4-2-3-5-15(14)19)18(24)23-11-20-17(21-23)27(25,26)16-9-12-6-7-13(16)8-12/h2-5,11-13,16H,6-10H2,1H3/t12-,13+,16+/m0/s1. The van der Waals surface area contributed by atoms with Crippen molar-refractivity contribution in [2.24, 2.45) is 11.8 Å². The van der Waals surface area contributed by atoms with Crippen molar-refractivity contribution in [3.63, 3.8) is 0 Å². The van der Waals surface area contributed by atoms with Crippen molar-refractivity contribution in [3.05, 3.63) is 42.0 Å². The Labute approximate surface area is 157 Å². The summed E-state index contributed by atoms with van der Waals surface area (Å²) in [5.74, 6) is 0.243. The summed E-state index contributed by atoms with van der Waals surface area (Å²) in [6.45, 7) is 0.0415. The Bertz CT molecular complexity index is 974. The maximum atomic E-state index is 13.8. The first kappa shape index (κ1) is 18.1. The minimum Gasteiger partial charge on any atom is -0.321 e. The lowest BCUT2D eigenvalue weighted by atomic mass is 10.0. The highest BCUT2D eigenvalue weighted by Gasteiger charge is 2.47. The van der Waals surface area contributed by atoms with E-state index < -0.39 is 26.9 Å². The number of halogens is 1. The molecule has 27 heavy (non-hydrogen) atoms. The van der Waals surface area contributed by atoms with Gasteiger partial charge in [0.2, 0.25) is 9.84 Å². The molecule has 3 atom stereocenters. The summed E-state index contributed by atoms with van der Waals surface area (Å²) in [5, 5.41) is 3.18. The zero-order valence-corrected chi connectivity index (χ0v) is 15.8. The average Bonchev–Trinajstić information content (AvgIpc) is 3.39. The first-order valence-electron chi connectivity index (χ1n) is 9.00. The lowest BCUT2D eigenvalue weighted by Crippen LogP contribution is -2.32. The molecule has 7 nitrogen and oxygen atoms in total. The van der Waals surface area contributed by atoms with Crippen molar-refractivity contribution in [2.45, 2.75) is 42.6 Å². The van der Waals surface area contributed by atoms with Crippen LogP contribution in [0.15, 0.2) is 35.7 Å². The van der Waals surface area contributed by atoms with Gasteiger partial charge in [-0.15, -0.1) is 5.10 Å². The number of rotatable bonds is 4. The quantitative estimate of drug-likeness (QED) is 0.798. The van der Waals surface area contributed by atoms with Crippen molar-refractivity contribution in [1.82, 2.24) is 19.7 Å². The van der Waals surface area contributed by atoms with Gasteiger partial charge in [0.15, 0.2) is 0 Å². The summed E-state index contributed by atoms with van der Waals surface area (Å²) in [6.07, 6.45) is 4.75. The van der Waals surface area contributed by atoms with Crippen molar-refractivity contribution in [1.29, 1.82) is 0 Å². The Morgan fingerprint density at radius 2 is 2.07 bits per heavy atom. The molecule has 2 aliphatic carbocycles. The molecule has 1 aromatic carbocycles. The summed E-state index contributed by atoms with van der Waals surface area (Å²) in [4.78, 5) is 17.7. The van der Waals surface area contributed by atoms with Gasteiger partial charge in [0, 0.05) is 12.6 Å². The topological polar surface area (TPSA) is 85.2 Å². The monoisotopic (exact) mass is 392 g/mol. The van der Waals surface area contributed by atoms with Crippen LogP contribution in [0.1, 0.15) is 31.2 Å². The van der Waals surface area contributed by atoms with Gasteiger partial charge in [-0.2, -0.15) is 4.68 Å². The maximum absolute atomic E-state index is 13.8. The highest BCUT2D eigenvalue weighted by atomic mass is 32.2. The molecule has 2 aliphatic rings. The third-order valence-electron chi connectivity index (χ3n) is 5.68. The second kappa shape index (κ2) is 6.70. The van der Waals surface area contributed by atoms with Gasteiger partial charge >= 0.3 is 6.03 Å². The average molecular weight is 392 g/mol. The highest BCUT2D eigenvalue weighted by Crippen LogP contribution is 2.48. The first-order valence-corrected chi connectivity index (χ1v) is 10.6. The van der Waals surface area contributed by atoms with Crippen LogP contribution in [0, 0.1) is 17.7 Å². The van der Waals surface area contributed by atoms with Crippen LogP contribution in [0.25, 0.3) is 0 Å². The Kier molecular flexibility index (Phi) is 4.49. The normalized spacial score (nSPS) is 24.3. The van der Waals surface area contributed by atoms with E-state index in [0.717, 1.165) is 30.3 Å². The zero-order valence-electron chi connectivity index (χ0n) is 15.0. The Balaban J connectivity index is 1.50. The molecule has 0 spiro atoms. The number of sulfone groups is 1. The van der Waals surface area contributed by atoms with Crippen LogP contribution in [0.5, 0.6) is 0 Å². The molecule has 2 fully saturated rings. The van der Waals surface area contributed by atoms with Gasteiger partial charge in [-0.3, -0.25) is 0 Å². The first-order chi connectivity index (χ1) is 12.9. The summed E-state index contributed by atoms with van der Waals surface area (Å²) in [7, 11) is -2.15. The fourth-order valence-corrected chi connectivity index (χ4v) is 6.24. The van der Waals surface area contributed by atoms with Gasteiger partial charge < -0.3 is 4.90 Å². The van der Waals surface area contributed by atoms with E-state index in [1.807, 2.05) is 0 Å². The van der Waals surface area contributed by atoms with Crippen LogP contribution in [-0.2, 0) is 16.4 Å². The van der Waals surface area contributed by atoms with Crippen molar-refractivity contribution in [2.75, 3.05) is 7.05 Å². The van der Waals surface area contributed by atoms with Gasteiger partial charge in [-0.1, -0.05) is 24.6 Å². The predicted molar refractivity (Wildman–Crippen MR) is 95.1 cm³/mol. The number of hydrogen-bond acceptors (Lipinski definition) is 5. The molecule has 2 aromatic rings. The highest BCUT2D eigenvalue weighted by molar-refractivity contribution is 7.91. The molecule has 2 bridgehead atoms. The number of carbonyl (C=O) groups is 1. The van der Waals surface area contributed by atoms with Crippen LogP contribution < -0.4 is 0 Å². The van der Waals surface area contributed by atoms with Gasteiger partial charge in [-0.05, 0) is 37.2 Å². The minimum atomic E-state index is -3.65. The summed E-state index contributed by atoms with van der Waals surface area (Å²) >= 11 is 0. The fraction of sp³-hybridized carbons (Fsp3) is 0.500. The molecule has 1 amide bonds. The van der Waals surface area contributed by atoms with E-state index in [-0.39, 0.29) is 17.6 Å². The lowest BCUT2D eigenvalue weighted by Gasteiger charge is -2.20. The van der Waals surface area contributed by atoms with E-state index in [1.54, 1.807) is 18.2 Å². The molecule has 9 heteroatoms.